The van der Waals surface area contributed by atoms with Gasteiger partial charge in [-0.3, -0.25) is 14.6 Å². The van der Waals surface area contributed by atoms with Gasteiger partial charge in [-0.1, -0.05) is 48.9 Å². The van der Waals surface area contributed by atoms with Crippen LogP contribution in [0.25, 0.3) is 0 Å². The molecular formula is C32H41N3O7S. The van der Waals surface area contributed by atoms with Crippen LogP contribution in [0.5, 0.6) is 0 Å². The van der Waals surface area contributed by atoms with Crippen molar-refractivity contribution in [3.63, 3.8) is 0 Å². The van der Waals surface area contributed by atoms with E-state index in [1.54, 1.807) is 49.4 Å². The van der Waals surface area contributed by atoms with E-state index in [-0.39, 0.29) is 23.8 Å². The molecule has 0 spiro atoms. The van der Waals surface area contributed by atoms with E-state index in [4.69, 9.17) is 4.74 Å². The molecule has 0 aromatic heterocycles. The Bertz CT molecular complexity index is 1390. The van der Waals surface area contributed by atoms with Crippen LogP contribution in [-0.4, -0.2) is 72.7 Å². The minimum absolute atomic E-state index is 0.00597. The largest absolute Gasteiger partial charge is 0.480 e. The number of carbonyl (C=O) groups excluding carboxylic acids is 2. The van der Waals surface area contributed by atoms with E-state index in [1.807, 2.05) is 0 Å². The molecular weight excluding hydrogens is 570 g/mol. The number of carboxylic acids is 1. The smallest absolute Gasteiger partial charge is 0.326 e. The summed E-state index contributed by atoms with van der Waals surface area (Å²) < 4.78 is 32.8. The van der Waals surface area contributed by atoms with Crippen molar-refractivity contribution < 1.29 is 32.6 Å². The Morgan fingerprint density at radius 3 is 2.42 bits per heavy atom. The molecule has 2 aliphatic rings. The number of unbranched alkanes of at least 4 members (excludes halogenated alkanes) is 2. The number of carboxylic acid groups (broad SMARTS) is 1. The number of nitrogens with one attached hydrogen (secondary N) is 1. The first-order chi connectivity index (χ1) is 20.6. The van der Waals surface area contributed by atoms with E-state index in [0.717, 1.165) is 48.5 Å². The first kappa shape index (κ1) is 32.5. The summed E-state index contributed by atoms with van der Waals surface area (Å²) in [6.45, 7) is 2.21. The molecule has 2 N–H and O–H groups in total. The lowest BCUT2D eigenvalue weighted by Crippen LogP contribution is -2.54. The lowest BCUT2D eigenvalue weighted by Gasteiger charge is -2.25. The molecule has 0 bridgehead atoms. The highest BCUT2D eigenvalue weighted by molar-refractivity contribution is 7.89. The van der Waals surface area contributed by atoms with Gasteiger partial charge in [0, 0.05) is 31.5 Å². The number of benzene rings is 2. The van der Waals surface area contributed by atoms with Crippen molar-refractivity contribution in [3.8, 4) is 0 Å². The fourth-order valence-electron chi connectivity index (χ4n) is 5.48. The van der Waals surface area contributed by atoms with Gasteiger partial charge < -0.3 is 15.2 Å². The molecule has 10 nitrogen and oxygen atoms in total. The van der Waals surface area contributed by atoms with Crippen molar-refractivity contribution in [2.75, 3.05) is 13.3 Å². The van der Waals surface area contributed by atoms with Crippen molar-refractivity contribution in [1.82, 2.24) is 9.62 Å². The molecule has 2 aliphatic heterocycles. The predicted octanol–water partition coefficient (Wildman–Crippen LogP) is 3.92. The van der Waals surface area contributed by atoms with Crippen molar-refractivity contribution in [2.45, 2.75) is 94.2 Å². The first-order valence-corrected chi connectivity index (χ1v) is 16.4. The highest BCUT2D eigenvalue weighted by atomic mass is 32.2. The molecule has 43 heavy (non-hydrogen) atoms. The number of ether oxygens (including phenoxy) is 1. The molecule has 4 rings (SSSR count). The lowest BCUT2D eigenvalue weighted by atomic mass is 9.99. The van der Waals surface area contributed by atoms with E-state index < -0.39 is 40.1 Å². The number of hydrogen-bond acceptors (Lipinski definition) is 7. The molecule has 1 unspecified atom stereocenters. The Balaban J connectivity index is 1.28. The van der Waals surface area contributed by atoms with Gasteiger partial charge in [-0.15, -0.1) is 0 Å². The maximum absolute atomic E-state index is 13.2. The van der Waals surface area contributed by atoms with Gasteiger partial charge in [0.25, 0.3) is 0 Å². The monoisotopic (exact) mass is 611 g/mol. The summed E-state index contributed by atoms with van der Waals surface area (Å²) in [5.41, 5.74) is 2.83. The number of aliphatic carboxylic acids is 1. The number of carbonyl (C=O) groups is 3. The third-order valence-electron chi connectivity index (χ3n) is 7.95. The summed E-state index contributed by atoms with van der Waals surface area (Å²) in [5.74, 6) is -1.82. The standard InChI is InChI=1S/C32H41N3O7S/c1-23-30(35(22-42-23)43(40,41)28-13-6-3-7-14-28)31(37)34-29(32(38)39)21-25-17-15-24(16-18-25)20-27(36)12-5-2-4-10-26-11-8-9-19-33-26/h3,6-7,13-18,23,29-30H,2,4-5,8-12,19-22H2,1H3,(H,34,37)(H,38,39)/t23?,29-,30-/m0/s1. The normalized spacial score (nSPS) is 19.9. The summed E-state index contributed by atoms with van der Waals surface area (Å²) in [4.78, 5) is 42.4. The molecule has 0 saturated carbocycles. The average molecular weight is 612 g/mol. The molecule has 0 aliphatic carbocycles. The number of Topliss-reactive ketones (excluding diaryl/α,β-unsaturated/α-hetero) is 1. The topological polar surface area (TPSA) is 142 Å². The van der Waals surface area contributed by atoms with Crippen LogP contribution in [0.15, 0.2) is 64.5 Å². The van der Waals surface area contributed by atoms with E-state index in [0.29, 0.717) is 18.4 Å². The summed E-state index contributed by atoms with van der Waals surface area (Å²) in [6, 6.07) is 12.3. The molecule has 1 fully saturated rings. The van der Waals surface area contributed by atoms with Crippen molar-refractivity contribution in [2.24, 2.45) is 4.99 Å². The predicted molar refractivity (Wildman–Crippen MR) is 162 cm³/mol. The number of sulfonamides is 1. The molecule has 2 aromatic rings. The van der Waals surface area contributed by atoms with Gasteiger partial charge in [0.05, 0.1) is 11.0 Å². The second-order valence-corrected chi connectivity index (χ2v) is 13.1. The highest BCUT2D eigenvalue weighted by Gasteiger charge is 2.45. The van der Waals surface area contributed by atoms with Gasteiger partial charge in [-0.05, 0) is 68.7 Å². The van der Waals surface area contributed by atoms with Gasteiger partial charge in [0.2, 0.25) is 15.9 Å². The first-order valence-electron chi connectivity index (χ1n) is 15.0. The van der Waals surface area contributed by atoms with Crippen molar-refractivity contribution in [3.05, 3.63) is 65.7 Å². The third-order valence-corrected chi connectivity index (χ3v) is 9.76. The molecule has 1 saturated heterocycles. The second kappa shape index (κ2) is 15.4. The Morgan fingerprint density at radius 1 is 1.02 bits per heavy atom. The average Bonchev–Trinajstić information content (AvgIpc) is 3.40. The zero-order valence-corrected chi connectivity index (χ0v) is 25.4. The Hall–Kier alpha value is -3.41. The molecule has 3 atom stereocenters. The molecule has 2 heterocycles. The van der Waals surface area contributed by atoms with E-state index in [2.05, 4.69) is 10.3 Å². The van der Waals surface area contributed by atoms with Crippen LogP contribution in [0.2, 0.25) is 0 Å². The summed E-state index contributed by atoms with van der Waals surface area (Å²) in [5, 5.41) is 12.3. The van der Waals surface area contributed by atoms with Gasteiger partial charge in [0.15, 0.2) is 0 Å². The van der Waals surface area contributed by atoms with Crippen LogP contribution in [0.1, 0.15) is 69.4 Å². The van der Waals surface area contributed by atoms with Crippen molar-refractivity contribution >= 4 is 33.4 Å². The van der Waals surface area contributed by atoms with E-state index >= 15 is 0 Å². The summed E-state index contributed by atoms with van der Waals surface area (Å²) in [7, 11) is -4.04. The van der Waals surface area contributed by atoms with E-state index in [1.165, 1.54) is 30.7 Å². The van der Waals surface area contributed by atoms with Gasteiger partial charge in [-0.2, -0.15) is 4.31 Å². The highest BCUT2D eigenvalue weighted by Crippen LogP contribution is 2.26. The lowest BCUT2D eigenvalue weighted by molar-refractivity contribution is -0.142. The Morgan fingerprint density at radius 2 is 1.74 bits per heavy atom. The fraction of sp³-hybridized carbons (Fsp3) is 0.500. The quantitative estimate of drug-likeness (QED) is 0.291. The molecule has 232 valence electrons. The number of ketones is 1. The SMILES string of the molecule is CC1OCN(S(=O)(=O)c2ccccc2)[C@@H]1C(=O)N[C@@H](Cc1ccc(CC(=O)CCCCCC2=NCCCC2)cc1)C(=O)O. The van der Waals surface area contributed by atoms with Crippen LogP contribution in [0.3, 0.4) is 0 Å². The van der Waals surface area contributed by atoms with Crippen molar-refractivity contribution in [1.29, 1.82) is 0 Å². The minimum atomic E-state index is -4.04. The Kier molecular flexibility index (Phi) is 11.6. The molecule has 2 aromatic carbocycles. The second-order valence-electron chi connectivity index (χ2n) is 11.3. The number of hydrogen-bond donors (Lipinski definition) is 2. The summed E-state index contributed by atoms with van der Waals surface area (Å²) in [6.07, 6.45) is 7.57. The van der Waals surface area contributed by atoms with Crippen LogP contribution < -0.4 is 5.32 Å². The van der Waals surface area contributed by atoms with Crippen LogP contribution in [0.4, 0.5) is 0 Å². The van der Waals surface area contributed by atoms with E-state index in [9.17, 15) is 27.9 Å². The summed E-state index contributed by atoms with van der Waals surface area (Å²) >= 11 is 0. The van der Waals surface area contributed by atoms with Gasteiger partial charge in [-0.25, -0.2) is 13.2 Å². The molecule has 1 amide bonds. The maximum Gasteiger partial charge on any atom is 0.326 e. The van der Waals surface area contributed by atoms with Gasteiger partial charge >= 0.3 is 5.97 Å². The zero-order chi connectivity index (χ0) is 30.8. The number of amides is 1. The zero-order valence-electron chi connectivity index (χ0n) is 24.6. The molecule has 0 radical (unpaired) electrons. The van der Waals surface area contributed by atoms with Crippen LogP contribution in [0, 0.1) is 0 Å². The fourth-order valence-corrected chi connectivity index (χ4v) is 7.02. The minimum Gasteiger partial charge on any atom is -0.480 e. The number of nitrogens with zero attached hydrogens (tertiary/aromatic N) is 2. The molecule has 11 heteroatoms. The Labute approximate surface area is 253 Å². The third kappa shape index (κ3) is 9.04. The maximum atomic E-state index is 13.2. The van der Waals surface area contributed by atoms with Crippen LogP contribution in [-0.2, 0) is 42.0 Å². The van der Waals surface area contributed by atoms with Gasteiger partial charge in [0.1, 0.15) is 24.6 Å². The van der Waals surface area contributed by atoms with Crippen LogP contribution >= 0.6 is 0 Å². The number of rotatable bonds is 15. The number of aliphatic imine (C=N–C) groups is 1.